The largest absolute Gasteiger partial charge is 0.459 e. The Hall–Kier alpha value is -2.60. The van der Waals surface area contributed by atoms with Gasteiger partial charge in [0, 0.05) is 26.2 Å². The maximum absolute atomic E-state index is 12.2. The number of hydrogen-bond acceptors (Lipinski definition) is 4. The Morgan fingerprint density at radius 2 is 1.80 bits per heavy atom. The van der Waals surface area contributed by atoms with Gasteiger partial charge >= 0.3 is 0 Å². The molecule has 1 saturated heterocycles. The Kier molecular flexibility index (Phi) is 5.50. The zero-order valence-corrected chi connectivity index (χ0v) is 14.4. The van der Waals surface area contributed by atoms with Crippen LogP contribution in [0.2, 0.25) is 0 Å². The molecular weight excluding hydrogens is 318 g/mol. The lowest BCUT2D eigenvalue weighted by molar-refractivity contribution is -0.123. The number of amides is 2. The number of carbonyl (C=O) groups is 2. The molecule has 2 aromatic rings. The minimum atomic E-state index is -0.0909. The smallest absolute Gasteiger partial charge is 0.289 e. The van der Waals surface area contributed by atoms with Crippen molar-refractivity contribution in [2.45, 2.75) is 13.0 Å². The monoisotopic (exact) mass is 341 g/mol. The van der Waals surface area contributed by atoms with E-state index in [-0.39, 0.29) is 17.9 Å². The second-order valence-corrected chi connectivity index (χ2v) is 6.25. The van der Waals surface area contributed by atoms with Crippen molar-refractivity contribution in [2.24, 2.45) is 0 Å². The number of carbonyl (C=O) groups excluding carboxylic acids is 2. The number of benzene rings is 1. The van der Waals surface area contributed by atoms with E-state index in [1.54, 1.807) is 17.0 Å². The van der Waals surface area contributed by atoms with Crippen molar-refractivity contribution >= 4 is 11.8 Å². The molecule has 2 heterocycles. The summed E-state index contributed by atoms with van der Waals surface area (Å²) in [5, 5.41) is 3.02. The molecule has 1 atom stereocenters. The number of rotatable bonds is 5. The zero-order valence-electron chi connectivity index (χ0n) is 14.4. The molecule has 3 rings (SSSR count). The van der Waals surface area contributed by atoms with Crippen molar-refractivity contribution in [1.82, 2.24) is 15.1 Å². The minimum absolute atomic E-state index is 0.00200. The molecule has 25 heavy (non-hydrogen) atoms. The summed E-state index contributed by atoms with van der Waals surface area (Å²) < 4.78 is 5.16. The number of nitrogens with zero attached hydrogens (tertiary/aromatic N) is 2. The first kappa shape index (κ1) is 17.2. The van der Waals surface area contributed by atoms with E-state index in [0.29, 0.717) is 38.5 Å². The molecule has 1 aliphatic heterocycles. The molecule has 1 aromatic heterocycles. The number of hydrogen-bond donors (Lipinski definition) is 1. The molecule has 2 amide bonds. The lowest BCUT2D eigenvalue weighted by Gasteiger charge is -2.34. The molecule has 1 N–H and O–H groups in total. The lowest BCUT2D eigenvalue weighted by Crippen LogP contribution is -2.51. The third-order valence-electron chi connectivity index (χ3n) is 4.44. The lowest BCUT2D eigenvalue weighted by atomic mass is 10.1. The number of piperazine rings is 1. The Morgan fingerprint density at radius 1 is 1.08 bits per heavy atom. The maximum Gasteiger partial charge on any atom is 0.289 e. The molecule has 0 aliphatic carbocycles. The van der Waals surface area contributed by atoms with Crippen LogP contribution in [-0.2, 0) is 4.79 Å². The average Bonchev–Trinajstić information content (AvgIpc) is 3.17. The van der Waals surface area contributed by atoms with Gasteiger partial charge in [-0.1, -0.05) is 30.3 Å². The molecule has 1 aliphatic rings. The van der Waals surface area contributed by atoms with E-state index in [0.717, 1.165) is 5.56 Å². The highest BCUT2D eigenvalue weighted by atomic mass is 16.3. The van der Waals surface area contributed by atoms with Crippen molar-refractivity contribution in [1.29, 1.82) is 0 Å². The summed E-state index contributed by atoms with van der Waals surface area (Å²) in [5.74, 6) is 0.275. The molecule has 132 valence electrons. The van der Waals surface area contributed by atoms with Gasteiger partial charge in [0.15, 0.2) is 5.76 Å². The Labute approximate surface area is 147 Å². The molecule has 1 unspecified atom stereocenters. The fraction of sp³-hybridized carbons (Fsp3) is 0.368. The summed E-state index contributed by atoms with van der Waals surface area (Å²) in [6, 6.07) is 13.3. The Bertz CT molecular complexity index is 692. The minimum Gasteiger partial charge on any atom is -0.459 e. The number of furan rings is 1. The van der Waals surface area contributed by atoms with Gasteiger partial charge in [0.25, 0.3) is 5.91 Å². The van der Waals surface area contributed by atoms with Gasteiger partial charge in [-0.3, -0.25) is 14.5 Å². The van der Waals surface area contributed by atoms with Crippen LogP contribution in [-0.4, -0.2) is 54.3 Å². The third-order valence-corrected chi connectivity index (χ3v) is 4.44. The molecule has 1 aromatic carbocycles. The molecule has 6 nitrogen and oxygen atoms in total. The highest BCUT2D eigenvalue weighted by Gasteiger charge is 2.24. The topological polar surface area (TPSA) is 65.8 Å². The SMILES string of the molecule is CC(NC(=O)CN1CCN(C(=O)c2ccco2)CC1)c1ccccc1. The van der Waals surface area contributed by atoms with Crippen molar-refractivity contribution in [3.05, 3.63) is 60.1 Å². The van der Waals surface area contributed by atoms with Crippen LogP contribution in [0.3, 0.4) is 0 Å². The van der Waals surface area contributed by atoms with Crippen LogP contribution in [0.15, 0.2) is 53.1 Å². The standard InChI is InChI=1S/C19H23N3O3/c1-15(16-6-3-2-4-7-16)20-18(23)14-21-9-11-22(12-10-21)19(24)17-8-5-13-25-17/h2-8,13,15H,9-12,14H2,1H3,(H,20,23). The summed E-state index contributed by atoms with van der Waals surface area (Å²) in [7, 11) is 0. The van der Waals surface area contributed by atoms with Gasteiger partial charge in [-0.2, -0.15) is 0 Å². The summed E-state index contributed by atoms with van der Waals surface area (Å²) in [6.07, 6.45) is 1.50. The van der Waals surface area contributed by atoms with Gasteiger partial charge in [0.1, 0.15) is 0 Å². The van der Waals surface area contributed by atoms with Gasteiger partial charge in [-0.25, -0.2) is 0 Å². The average molecular weight is 341 g/mol. The van der Waals surface area contributed by atoms with Gasteiger partial charge in [0.05, 0.1) is 18.8 Å². The number of nitrogens with one attached hydrogen (secondary N) is 1. The van der Waals surface area contributed by atoms with Gasteiger partial charge in [-0.05, 0) is 24.6 Å². The van der Waals surface area contributed by atoms with E-state index in [1.165, 1.54) is 6.26 Å². The van der Waals surface area contributed by atoms with E-state index in [4.69, 9.17) is 4.42 Å². The van der Waals surface area contributed by atoms with Crippen molar-refractivity contribution < 1.29 is 14.0 Å². The van der Waals surface area contributed by atoms with E-state index in [1.807, 2.05) is 37.3 Å². The van der Waals surface area contributed by atoms with Crippen LogP contribution in [0, 0.1) is 0 Å². The molecule has 6 heteroatoms. The first-order valence-corrected chi connectivity index (χ1v) is 8.53. The molecule has 0 radical (unpaired) electrons. The summed E-state index contributed by atoms with van der Waals surface area (Å²) in [5.41, 5.74) is 1.09. The highest BCUT2D eigenvalue weighted by Crippen LogP contribution is 2.12. The zero-order chi connectivity index (χ0) is 17.6. The highest BCUT2D eigenvalue weighted by molar-refractivity contribution is 5.91. The van der Waals surface area contributed by atoms with E-state index in [2.05, 4.69) is 10.2 Å². The van der Waals surface area contributed by atoms with E-state index in [9.17, 15) is 9.59 Å². The van der Waals surface area contributed by atoms with E-state index >= 15 is 0 Å². The van der Waals surface area contributed by atoms with Crippen molar-refractivity contribution in [3.63, 3.8) is 0 Å². The van der Waals surface area contributed by atoms with Crippen LogP contribution in [0.25, 0.3) is 0 Å². The second kappa shape index (κ2) is 7.98. The van der Waals surface area contributed by atoms with Gasteiger partial charge in [0.2, 0.25) is 5.91 Å². The van der Waals surface area contributed by atoms with Crippen molar-refractivity contribution in [2.75, 3.05) is 32.7 Å². The van der Waals surface area contributed by atoms with Crippen LogP contribution < -0.4 is 5.32 Å². The fourth-order valence-electron chi connectivity index (χ4n) is 2.98. The molecule has 0 saturated carbocycles. The normalized spacial score (nSPS) is 16.4. The summed E-state index contributed by atoms with van der Waals surface area (Å²) in [4.78, 5) is 28.3. The predicted octanol–water partition coefficient (Wildman–Crippen LogP) is 1.91. The van der Waals surface area contributed by atoms with Gasteiger partial charge in [-0.15, -0.1) is 0 Å². The second-order valence-electron chi connectivity index (χ2n) is 6.25. The molecule has 0 bridgehead atoms. The maximum atomic E-state index is 12.2. The van der Waals surface area contributed by atoms with Crippen LogP contribution in [0.4, 0.5) is 0 Å². The van der Waals surface area contributed by atoms with Crippen molar-refractivity contribution in [3.8, 4) is 0 Å². The first-order chi connectivity index (χ1) is 12.1. The van der Waals surface area contributed by atoms with Gasteiger partial charge < -0.3 is 14.6 Å². The van der Waals surface area contributed by atoms with Crippen LogP contribution in [0.5, 0.6) is 0 Å². The summed E-state index contributed by atoms with van der Waals surface area (Å²) in [6.45, 7) is 4.88. The quantitative estimate of drug-likeness (QED) is 0.902. The third kappa shape index (κ3) is 4.48. The molecule has 1 fully saturated rings. The fourth-order valence-corrected chi connectivity index (χ4v) is 2.98. The van der Waals surface area contributed by atoms with E-state index < -0.39 is 0 Å². The first-order valence-electron chi connectivity index (χ1n) is 8.53. The summed E-state index contributed by atoms with van der Waals surface area (Å²) >= 11 is 0. The predicted molar refractivity (Wildman–Crippen MR) is 94.1 cm³/mol. The Balaban J connectivity index is 1.44. The van der Waals surface area contributed by atoms with Crippen LogP contribution >= 0.6 is 0 Å². The molecular formula is C19H23N3O3. The van der Waals surface area contributed by atoms with Crippen LogP contribution in [0.1, 0.15) is 29.1 Å². The Morgan fingerprint density at radius 3 is 2.44 bits per heavy atom. The molecule has 0 spiro atoms.